The fraction of sp³-hybridized carbons (Fsp3) is 0.588. The summed E-state index contributed by atoms with van der Waals surface area (Å²) in [6.07, 6.45) is 6.83. The first-order chi connectivity index (χ1) is 20.2. The van der Waals surface area contributed by atoms with E-state index in [0.717, 1.165) is 19.3 Å². The van der Waals surface area contributed by atoms with Crippen molar-refractivity contribution in [2.75, 3.05) is 39.6 Å². The number of unbranched alkanes of at least 4 members (excludes halogenated alkanes) is 2. The molecule has 1 aliphatic rings. The number of hydrogen-bond acceptors (Lipinski definition) is 8. The zero-order chi connectivity index (χ0) is 30.5. The Hall–Kier alpha value is -2.78. The lowest BCUT2D eigenvalue weighted by molar-refractivity contribution is -0.158. The Balaban J connectivity index is 1.64. The molecule has 3 rings (SSSR count). The molecule has 0 aliphatic heterocycles. The van der Waals surface area contributed by atoms with Gasteiger partial charge in [0.1, 0.15) is 13.2 Å². The van der Waals surface area contributed by atoms with Crippen molar-refractivity contribution < 1.29 is 38.7 Å². The van der Waals surface area contributed by atoms with Crippen LogP contribution in [0.1, 0.15) is 76.3 Å². The smallest absolute Gasteiger partial charge is 0.335 e. The molecule has 8 nitrogen and oxygen atoms in total. The van der Waals surface area contributed by atoms with Crippen LogP contribution in [0.4, 0.5) is 0 Å². The molecule has 3 atom stereocenters. The molecule has 2 aromatic rings. The number of carbonyl (C=O) groups excluding carboxylic acids is 2. The Kier molecular flexibility index (Phi) is 13.4. The van der Waals surface area contributed by atoms with Crippen molar-refractivity contribution in [2.45, 2.75) is 83.8 Å². The van der Waals surface area contributed by atoms with Crippen LogP contribution in [0.5, 0.6) is 0 Å². The first kappa shape index (κ1) is 33.7. The van der Waals surface area contributed by atoms with Crippen LogP contribution in [0.3, 0.4) is 0 Å². The maximum Gasteiger partial charge on any atom is 0.335 e. The summed E-state index contributed by atoms with van der Waals surface area (Å²) in [6, 6.07) is 13.4. The highest BCUT2D eigenvalue weighted by molar-refractivity contribution is 5.87. The molecule has 0 bridgehead atoms. The molecule has 2 N–H and O–H groups in total. The van der Waals surface area contributed by atoms with Gasteiger partial charge in [-0.15, -0.1) is 0 Å². The van der Waals surface area contributed by atoms with Crippen LogP contribution < -0.4 is 0 Å². The Labute approximate surface area is 250 Å². The van der Waals surface area contributed by atoms with E-state index in [1.165, 1.54) is 41.2 Å². The topological polar surface area (TPSA) is 112 Å². The average molecular weight is 585 g/mol. The van der Waals surface area contributed by atoms with E-state index in [0.29, 0.717) is 6.42 Å². The molecule has 0 amide bonds. The average Bonchev–Trinajstić information content (AvgIpc) is 3.00. The number of hydrogen-bond donors (Lipinski definition) is 2. The minimum atomic E-state index is -0.950. The van der Waals surface area contributed by atoms with Crippen molar-refractivity contribution in [1.29, 1.82) is 0 Å². The molecule has 3 unspecified atom stereocenters. The number of aliphatic hydroxyl groups excluding tert-OH is 2. The van der Waals surface area contributed by atoms with E-state index in [2.05, 4.69) is 49.9 Å². The lowest BCUT2D eigenvalue weighted by Gasteiger charge is -2.35. The number of aryl methyl sites for hydroxylation is 1. The summed E-state index contributed by atoms with van der Waals surface area (Å²) in [6.45, 7) is 8.89. The maximum absolute atomic E-state index is 12.2. The van der Waals surface area contributed by atoms with Crippen molar-refractivity contribution in [3.63, 3.8) is 0 Å². The quantitative estimate of drug-likeness (QED) is 0.147. The van der Waals surface area contributed by atoms with Crippen molar-refractivity contribution in [3.05, 3.63) is 59.7 Å². The van der Waals surface area contributed by atoms with E-state index in [1.54, 1.807) is 13.8 Å². The molecule has 0 aromatic heterocycles. The maximum atomic E-state index is 12.2. The minimum Gasteiger partial charge on any atom is -0.463 e. The molecule has 42 heavy (non-hydrogen) atoms. The van der Waals surface area contributed by atoms with E-state index in [-0.39, 0.29) is 56.7 Å². The highest BCUT2D eigenvalue weighted by atomic mass is 16.6. The van der Waals surface area contributed by atoms with Gasteiger partial charge in [-0.3, -0.25) is 4.79 Å². The molecule has 232 valence electrons. The van der Waals surface area contributed by atoms with E-state index >= 15 is 0 Å². The molecular weight excluding hydrogens is 536 g/mol. The highest BCUT2D eigenvalue weighted by Gasteiger charge is 2.32. The summed E-state index contributed by atoms with van der Waals surface area (Å²) in [7, 11) is 0. The van der Waals surface area contributed by atoms with E-state index in [9.17, 15) is 14.7 Å². The zero-order valence-corrected chi connectivity index (χ0v) is 25.4. The van der Waals surface area contributed by atoms with Gasteiger partial charge in [-0.25, -0.2) is 4.79 Å². The Morgan fingerprint density at radius 3 is 2.17 bits per heavy atom. The van der Waals surface area contributed by atoms with Gasteiger partial charge in [0.25, 0.3) is 0 Å². The second-order valence-corrected chi connectivity index (χ2v) is 11.9. The predicted molar refractivity (Wildman–Crippen MR) is 162 cm³/mol. The van der Waals surface area contributed by atoms with Gasteiger partial charge in [0, 0.05) is 0 Å². The van der Waals surface area contributed by atoms with E-state index < -0.39 is 24.0 Å². The third kappa shape index (κ3) is 10.2. The zero-order valence-electron chi connectivity index (χ0n) is 25.4. The van der Waals surface area contributed by atoms with Crippen LogP contribution in [0, 0.1) is 5.41 Å². The molecular formula is C34H48O8. The predicted octanol–water partition coefficient (Wildman–Crippen LogP) is 5.26. The number of benzene rings is 2. The van der Waals surface area contributed by atoms with Gasteiger partial charge in [0.2, 0.25) is 0 Å². The highest BCUT2D eigenvalue weighted by Crippen LogP contribution is 2.37. The fourth-order valence-corrected chi connectivity index (χ4v) is 5.19. The second kappa shape index (κ2) is 16.8. The van der Waals surface area contributed by atoms with Crippen LogP contribution in [-0.4, -0.2) is 74.0 Å². The van der Waals surface area contributed by atoms with Gasteiger partial charge >= 0.3 is 11.9 Å². The van der Waals surface area contributed by atoms with Gasteiger partial charge in [-0.2, -0.15) is 0 Å². The fourth-order valence-electron chi connectivity index (χ4n) is 5.19. The molecule has 1 aliphatic carbocycles. The van der Waals surface area contributed by atoms with Crippen molar-refractivity contribution in [1.82, 2.24) is 0 Å². The Morgan fingerprint density at radius 2 is 1.52 bits per heavy atom. The number of carbonyl (C=O) groups is 2. The number of fused-ring (bicyclic) bond motifs is 1. The third-order valence-electron chi connectivity index (χ3n) is 7.86. The summed E-state index contributed by atoms with van der Waals surface area (Å²) in [5, 5.41) is 20.9. The van der Waals surface area contributed by atoms with Crippen molar-refractivity contribution >= 4 is 22.7 Å². The van der Waals surface area contributed by atoms with Crippen molar-refractivity contribution in [2.24, 2.45) is 5.41 Å². The van der Waals surface area contributed by atoms with Crippen LogP contribution in [0.25, 0.3) is 10.8 Å². The lowest BCUT2D eigenvalue weighted by atomic mass is 9.80. The number of ether oxygens (including phenoxy) is 4. The van der Waals surface area contributed by atoms with Crippen LogP contribution in [0.2, 0.25) is 0 Å². The number of rotatable bonds is 17. The van der Waals surface area contributed by atoms with Crippen LogP contribution >= 0.6 is 0 Å². The molecule has 8 heteroatoms. The Morgan fingerprint density at radius 1 is 0.881 bits per heavy atom. The molecule has 0 saturated heterocycles. The van der Waals surface area contributed by atoms with Gasteiger partial charge < -0.3 is 29.2 Å². The lowest BCUT2D eigenvalue weighted by Crippen LogP contribution is -2.35. The summed E-state index contributed by atoms with van der Waals surface area (Å²) < 4.78 is 22.7. The van der Waals surface area contributed by atoms with Gasteiger partial charge in [0.15, 0.2) is 0 Å². The monoisotopic (exact) mass is 584 g/mol. The summed E-state index contributed by atoms with van der Waals surface area (Å²) in [5.41, 5.74) is 1.65. The molecule has 2 aromatic carbocycles. The SMILES string of the molecule is C=C(CO)C(=O)OCCOC1CC(OCCOC(=O)C(C)(C)CO)CC(c2ccc3cc(CCCCC)ccc3c2)C1. The van der Waals surface area contributed by atoms with Crippen LogP contribution in [0.15, 0.2) is 48.6 Å². The van der Waals surface area contributed by atoms with E-state index in [4.69, 9.17) is 24.1 Å². The second-order valence-electron chi connectivity index (χ2n) is 11.9. The largest absolute Gasteiger partial charge is 0.463 e. The molecule has 0 heterocycles. The Bertz CT molecular complexity index is 1170. The number of esters is 2. The first-order valence-corrected chi connectivity index (χ1v) is 15.2. The summed E-state index contributed by atoms with van der Waals surface area (Å²) in [4.78, 5) is 23.9. The van der Waals surface area contributed by atoms with Gasteiger partial charge in [0.05, 0.1) is 49.6 Å². The molecule has 0 spiro atoms. The standard InChI is InChI=1S/C34H48O8/c1-5-6-7-8-25-9-10-27-18-28(12-11-26(27)17-25)29-19-30(39-13-15-41-32(37)24(2)22-35)21-31(20-29)40-14-16-42-33(38)34(3,4)23-36/h9-12,17-18,29-31,35-36H,2,5-8,13-16,19-23H2,1,3-4H3. The molecule has 0 radical (unpaired) electrons. The van der Waals surface area contributed by atoms with E-state index in [1.807, 2.05) is 0 Å². The molecule has 1 fully saturated rings. The third-order valence-corrected chi connectivity index (χ3v) is 7.86. The minimum absolute atomic E-state index is 0.00801. The van der Waals surface area contributed by atoms with Gasteiger partial charge in [-0.1, -0.05) is 62.7 Å². The summed E-state index contributed by atoms with van der Waals surface area (Å²) >= 11 is 0. The molecule has 1 saturated carbocycles. The first-order valence-electron chi connectivity index (χ1n) is 15.2. The van der Waals surface area contributed by atoms with Crippen molar-refractivity contribution in [3.8, 4) is 0 Å². The van der Waals surface area contributed by atoms with Crippen LogP contribution in [-0.2, 0) is 35.0 Å². The van der Waals surface area contributed by atoms with Gasteiger partial charge in [-0.05, 0) is 73.8 Å². The number of aliphatic hydroxyl groups is 2. The summed E-state index contributed by atoms with van der Waals surface area (Å²) in [5.74, 6) is -0.887. The normalized spacial score (nSPS) is 19.0.